The maximum Gasteiger partial charge on any atom is 0.251 e. The molecule has 2 fully saturated rings. The van der Waals surface area contributed by atoms with E-state index in [0.717, 1.165) is 39.0 Å². The number of hydrogen-bond acceptors (Lipinski definition) is 2. The summed E-state index contributed by atoms with van der Waals surface area (Å²) in [4.78, 5) is 13.8. The molecule has 0 N–H and O–H groups in total. The number of rotatable bonds is 1. The van der Waals surface area contributed by atoms with Crippen molar-refractivity contribution in [3.8, 4) is 0 Å². The van der Waals surface area contributed by atoms with Crippen LogP contribution < -0.4 is 0 Å². The average molecular weight is 183 g/mol. The molecule has 0 aromatic heterocycles. The smallest absolute Gasteiger partial charge is 0.251 e. The first-order valence-corrected chi connectivity index (χ1v) is 5.19. The number of hydrogen-bond donors (Lipinski definition) is 0. The van der Waals surface area contributed by atoms with Gasteiger partial charge in [-0.2, -0.15) is 0 Å². The molecule has 0 aromatic carbocycles. The van der Waals surface area contributed by atoms with Crippen molar-refractivity contribution in [2.75, 3.05) is 19.7 Å². The van der Waals surface area contributed by atoms with Crippen LogP contribution in [0.1, 0.15) is 26.2 Å². The van der Waals surface area contributed by atoms with Crippen LogP contribution in [0.2, 0.25) is 0 Å². The Labute approximate surface area is 79.0 Å². The highest BCUT2D eigenvalue weighted by molar-refractivity contribution is 5.81. The zero-order valence-corrected chi connectivity index (χ0v) is 8.16. The number of carbonyl (C=O) groups is 1. The Kier molecular flexibility index (Phi) is 2.54. The van der Waals surface area contributed by atoms with Crippen LogP contribution in [0, 0.1) is 5.92 Å². The summed E-state index contributed by atoms with van der Waals surface area (Å²) < 4.78 is 5.45. The van der Waals surface area contributed by atoms with Crippen LogP contribution in [0.3, 0.4) is 0 Å². The van der Waals surface area contributed by atoms with Gasteiger partial charge in [-0.15, -0.1) is 0 Å². The molecule has 13 heavy (non-hydrogen) atoms. The van der Waals surface area contributed by atoms with Crippen molar-refractivity contribution in [1.29, 1.82) is 0 Å². The molecule has 0 aromatic rings. The Morgan fingerprint density at radius 3 is 2.62 bits per heavy atom. The van der Waals surface area contributed by atoms with E-state index in [1.54, 1.807) is 0 Å². The third kappa shape index (κ3) is 1.70. The highest BCUT2D eigenvalue weighted by Crippen LogP contribution is 2.23. The summed E-state index contributed by atoms with van der Waals surface area (Å²) in [5.41, 5.74) is 0. The van der Waals surface area contributed by atoms with Crippen molar-refractivity contribution < 1.29 is 9.53 Å². The monoisotopic (exact) mass is 183 g/mol. The molecule has 3 heteroatoms. The first-order chi connectivity index (χ1) is 6.29. The maximum atomic E-state index is 11.9. The first-order valence-electron chi connectivity index (χ1n) is 5.19. The van der Waals surface area contributed by atoms with Crippen molar-refractivity contribution >= 4 is 5.91 Å². The van der Waals surface area contributed by atoms with Crippen LogP contribution in [-0.2, 0) is 9.53 Å². The molecule has 1 amide bonds. The van der Waals surface area contributed by atoms with Gasteiger partial charge >= 0.3 is 0 Å². The predicted octanol–water partition coefficient (Wildman–Crippen LogP) is 1.03. The molecule has 2 saturated heterocycles. The molecule has 3 nitrogen and oxygen atoms in total. The molecular formula is C10H17NO2. The predicted molar refractivity (Wildman–Crippen MR) is 49.3 cm³/mol. The molecule has 0 unspecified atom stereocenters. The van der Waals surface area contributed by atoms with E-state index in [1.807, 2.05) is 4.90 Å². The second kappa shape index (κ2) is 3.66. The topological polar surface area (TPSA) is 29.5 Å². The summed E-state index contributed by atoms with van der Waals surface area (Å²) in [6.07, 6.45) is 3.21. The fourth-order valence-electron chi connectivity index (χ4n) is 2.13. The van der Waals surface area contributed by atoms with Crippen molar-refractivity contribution in [3.05, 3.63) is 0 Å². The molecule has 2 atom stereocenters. The lowest BCUT2D eigenvalue weighted by Crippen LogP contribution is -2.39. The van der Waals surface area contributed by atoms with Gasteiger partial charge in [0.05, 0.1) is 0 Å². The Morgan fingerprint density at radius 2 is 2.08 bits per heavy atom. The quantitative estimate of drug-likeness (QED) is 0.607. The number of carbonyl (C=O) groups excluding carboxylic acids is 1. The van der Waals surface area contributed by atoms with Gasteiger partial charge in [0.15, 0.2) is 0 Å². The second-order valence-corrected chi connectivity index (χ2v) is 4.09. The normalized spacial score (nSPS) is 34.1. The van der Waals surface area contributed by atoms with Crippen LogP contribution in [0.25, 0.3) is 0 Å². The van der Waals surface area contributed by atoms with Gasteiger partial charge in [-0.25, -0.2) is 0 Å². The van der Waals surface area contributed by atoms with E-state index in [0.29, 0.717) is 5.92 Å². The zero-order valence-electron chi connectivity index (χ0n) is 8.16. The van der Waals surface area contributed by atoms with Crippen LogP contribution in [0.5, 0.6) is 0 Å². The minimum Gasteiger partial charge on any atom is -0.368 e. The third-order valence-corrected chi connectivity index (χ3v) is 3.05. The SMILES string of the molecule is C[C@@H]1CCO[C@@H]1C(=O)N1CCCC1. The maximum absolute atomic E-state index is 11.9. The molecule has 74 valence electrons. The van der Waals surface area contributed by atoms with Crippen LogP contribution in [0.15, 0.2) is 0 Å². The lowest BCUT2D eigenvalue weighted by molar-refractivity contribution is -0.141. The molecule has 2 aliphatic rings. The fraction of sp³-hybridized carbons (Fsp3) is 0.900. The number of amides is 1. The van der Waals surface area contributed by atoms with Crippen molar-refractivity contribution in [2.24, 2.45) is 5.92 Å². The molecule has 0 radical (unpaired) electrons. The lowest BCUT2D eigenvalue weighted by atomic mass is 10.0. The number of ether oxygens (including phenoxy) is 1. The Balaban J connectivity index is 1.95. The summed E-state index contributed by atoms with van der Waals surface area (Å²) >= 11 is 0. The van der Waals surface area contributed by atoms with Gasteiger partial charge in [0.1, 0.15) is 6.10 Å². The van der Waals surface area contributed by atoms with Crippen LogP contribution in [0.4, 0.5) is 0 Å². The Hall–Kier alpha value is -0.570. The zero-order chi connectivity index (χ0) is 9.26. The highest BCUT2D eigenvalue weighted by Gasteiger charge is 2.34. The lowest BCUT2D eigenvalue weighted by Gasteiger charge is -2.21. The van der Waals surface area contributed by atoms with Gasteiger partial charge < -0.3 is 9.64 Å². The molecule has 0 saturated carbocycles. The van der Waals surface area contributed by atoms with Gasteiger partial charge in [0.25, 0.3) is 5.91 Å². The van der Waals surface area contributed by atoms with E-state index in [9.17, 15) is 4.79 Å². The molecule has 2 rings (SSSR count). The van der Waals surface area contributed by atoms with Gasteiger partial charge in [0, 0.05) is 19.7 Å². The minimum absolute atomic E-state index is 0.141. The summed E-state index contributed by atoms with van der Waals surface area (Å²) in [5, 5.41) is 0. The molecule has 0 bridgehead atoms. The highest BCUT2D eigenvalue weighted by atomic mass is 16.5. The summed E-state index contributed by atoms with van der Waals surface area (Å²) in [6, 6.07) is 0. The number of likely N-dealkylation sites (tertiary alicyclic amines) is 1. The summed E-state index contributed by atoms with van der Waals surface area (Å²) in [5.74, 6) is 0.635. The van der Waals surface area contributed by atoms with Gasteiger partial charge in [-0.05, 0) is 25.2 Å². The standard InChI is InChI=1S/C10H17NO2/c1-8-4-7-13-9(8)10(12)11-5-2-3-6-11/h8-9H,2-7H2,1H3/t8-,9+/m1/s1. The van der Waals surface area contributed by atoms with Gasteiger partial charge in [0.2, 0.25) is 0 Å². The van der Waals surface area contributed by atoms with E-state index in [4.69, 9.17) is 4.74 Å². The molecule has 0 spiro atoms. The Morgan fingerprint density at radius 1 is 1.38 bits per heavy atom. The minimum atomic E-state index is -0.141. The van der Waals surface area contributed by atoms with Crippen LogP contribution >= 0.6 is 0 Å². The van der Waals surface area contributed by atoms with E-state index >= 15 is 0 Å². The fourth-order valence-corrected chi connectivity index (χ4v) is 2.13. The average Bonchev–Trinajstić information content (AvgIpc) is 2.72. The van der Waals surface area contributed by atoms with Crippen molar-refractivity contribution in [2.45, 2.75) is 32.3 Å². The van der Waals surface area contributed by atoms with Crippen molar-refractivity contribution in [3.63, 3.8) is 0 Å². The molecule has 0 aliphatic carbocycles. The van der Waals surface area contributed by atoms with E-state index < -0.39 is 0 Å². The van der Waals surface area contributed by atoms with Gasteiger partial charge in [-0.1, -0.05) is 6.92 Å². The summed E-state index contributed by atoms with van der Waals surface area (Å²) in [6.45, 7) is 4.73. The molecule has 2 aliphatic heterocycles. The Bertz CT molecular complexity index is 199. The summed E-state index contributed by atoms with van der Waals surface area (Å²) in [7, 11) is 0. The van der Waals surface area contributed by atoms with E-state index in [-0.39, 0.29) is 12.0 Å². The number of nitrogens with zero attached hydrogens (tertiary/aromatic N) is 1. The van der Waals surface area contributed by atoms with Gasteiger partial charge in [-0.3, -0.25) is 4.79 Å². The molecular weight excluding hydrogens is 166 g/mol. The van der Waals surface area contributed by atoms with E-state index in [1.165, 1.54) is 0 Å². The molecule has 2 heterocycles. The van der Waals surface area contributed by atoms with Crippen LogP contribution in [-0.4, -0.2) is 36.6 Å². The first kappa shape index (κ1) is 9.00. The van der Waals surface area contributed by atoms with Crippen molar-refractivity contribution in [1.82, 2.24) is 4.90 Å². The van der Waals surface area contributed by atoms with E-state index in [2.05, 4.69) is 6.92 Å². The second-order valence-electron chi connectivity index (χ2n) is 4.09. The largest absolute Gasteiger partial charge is 0.368 e. The third-order valence-electron chi connectivity index (χ3n) is 3.05.